The summed E-state index contributed by atoms with van der Waals surface area (Å²) >= 11 is 0. The second-order valence-electron chi connectivity index (χ2n) is 2.84. The van der Waals surface area contributed by atoms with Crippen LogP contribution in [0, 0.1) is 10.1 Å². The molecule has 0 amide bonds. The van der Waals surface area contributed by atoms with Crippen molar-refractivity contribution < 1.29 is 4.92 Å². The SMILES string of the molecule is CN(C)c1nc(NN)ccc1[N+](=O)[O-]. The van der Waals surface area contributed by atoms with Crippen LogP contribution in [0.3, 0.4) is 0 Å². The predicted molar refractivity (Wildman–Crippen MR) is 53.0 cm³/mol. The Morgan fingerprint density at radius 2 is 2.21 bits per heavy atom. The van der Waals surface area contributed by atoms with Gasteiger partial charge in [-0.15, -0.1) is 0 Å². The summed E-state index contributed by atoms with van der Waals surface area (Å²) in [5.74, 6) is 5.80. The lowest BCUT2D eigenvalue weighted by Gasteiger charge is -2.12. The van der Waals surface area contributed by atoms with Crippen LogP contribution in [-0.4, -0.2) is 24.0 Å². The zero-order valence-corrected chi connectivity index (χ0v) is 7.89. The van der Waals surface area contributed by atoms with Gasteiger partial charge in [0.1, 0.15) is 5.82 Å². The molecule has 0 atom stereocenters. The second-order valence-corrected chi connectivity index (χ2v) is 2.84. The van der Waals surface area contributed by atoms with Gasteiger partial charge in [0.25, 0.3) is 0 Å². The molecule has 0 aliphatic rings. The molecule has 0 saturated heterocycles. The third-order valence-electron chi connectivity index (χ3n) is 1.62. The molecule has 0 fully saturated rings. The Morgan fingerprint density at radius 1 is 1.57 bits per heavy atom. The molecule has 0 aliphatic heterocycles. The van der Waals surface area contributed by atoms with Crippen LogP contribution in [0.4, 0.5) is 17.3 Å². The van der Waals surface area contributed by atoms with Crippen LogP contribution in [-0.2, 0) is 0 Å². The molecule has 1 heterocycles. The third-order valence-corrected chi connectivity index (χ3v) is 1.62. The molecule has 0 aromatic carbocycles. The Kier molecular flexibility index (Phi) is 2.82. The zero-order valence-electron chi connectivity index (χ0n) is 7.89. The molecule has 1 rings (SSSR count). The quantitative estimate of drug-likeness (QED) is 0.412. The molecular formula is C7H11N5O2. The van der Waals surface area contributed by atoms with E-state index in [0.717, 1.165) is 0 Å². The second kappa shape index (κ2) is 3.88. The van der Waals surface area contributed by atoms with Gasteiger partial charge in [-0.25, -0.2) is 10.8 Å². The van der Waals surface area contributed by atoms with Crippen molar-refractivity contribution in [2.75, 3.05) is 24.4 Å². The highest BCUT2D eigenvalue weighted by Gasteiger charge is 2.17. The first-order valence-electron chi connectivity index (χ1n) is 3.85. The van der Waals surface area contributed by atoms with Crippen molar-refractivity contribution in [3.8, 4) is 0 Å². The normalized spacial score (nSPS) is 9.64. The van der Waals surface area contributed by atoms with Gasteiger partial charge >= 0.3 is 5.69 Å². The molecule has 0 saturated carbocycles. The van der Waals surface area contributed by atoms with Crippen molar-refractivity contribution in [1.29, 1.82) is 0 Å². The van der Waals surface area contributed by atoms with Crippen LogP contribution in [0.15, 0.2) is 12.1 Å². The third kappa shape index (κ3) is 1.88. The number of hydrogen-bond acceptors (Lipinski definition) is 6. The first kappa shape index (κ1) is 10.2. The molecule has 1 aromatic rings. The van der Waals surface area contributed by atoms with Gasteiger partial charge in [0.15, 0.2) is 0 Å². The largest absolute Gasteiger partial charge is 0.357 e. The standard InChI is InChI=1S/C7H11N5O2/c1-11(2)7-5(12(13)14)3-4-6(9-7)10-8/h3-4H,8H2,1-2H3,(H,9,10). The minimum atomic E-state index is -0.484. The number of nitrogens with one attached hydrogen (secondary N) is 1. The van der Waals surface area contributed by atoms with Crippen molar-refractivity contribution in [2.24, 2.45) is 5.84 Å². The number of nitrogens with zero attached hydrogens (tertiary/aromatic N) is 3. The summed E-state index contributed by atoms with van der Waals surface area (Å²) in [4.78, 5) is 15.6. The summed E-state index contributed by atoms with van der Waals surface area (Å²) in [6.07, 6.45) is 0. The molecule has 0 aliphatic carbocycles. The first-order valence-corrected chi connectivity index (χ1v) is 3.85. The molecule has 14 heavy (non-hydrogen) atoms. The smallest absolute Gasteiger partial charge is 0.311 e. The van der Waals surface area contributed by atoms with Crippen molar-refractivity contribution >= 4 is 17.3 Å². The molecular weight excluding hydrogens is 186 g/mol. The van der Waals surface area contributed by atoms with Gasteiger partial charge in [-0.3, -0.25) is 10.1 Å². The van der Waals surface area contributed by atoms with Crippen molar-refractivity contribution in [3.63, 3.8) is 0 Å². The maximum atomic E-state index is 10.6. The minimum absolute atomic E-state index is 0.0472. The van der Waals surface area contributed by atoms with E-state index in [4.69, 9.17) is 5.84 Å². The van der Waals surface area contributed by atoms with E-state index in [2.05, 4.69) is 10.4 Å². The Hall–Kier alpha value is -1.89. The monoisotopic (exact) mass is 197 g/mol. The maximum absolute atomic E-state index is 10.6. The number of hydrazine groups is 1. The molecule has 0 spiro atoms. The Balaban J connectivity index is 3.24. The Bertz CT molecular complexity index is 352. The molecule has 76 valence electrons. The number of aromatic nitrogens is 1. The maximum Gasteiger partial charge on any atom is 0.311 e. The molecule has 0 radical (unpaired) electrons. The van der Waals surface area contributed by atoms with E-state index in [0.29, 0.717) is 5.82 Å². The van der Waals surface area contributed by atoms with E-state index in [1.165, 1.54) is 12.1 Å². The summed E-state index contributed by atoms with van der Waals surface area (Å²) < 4.78 is 0. The van der Waals surface area contributed by atoms with E-state index in [1.807, 2.05) is 0 Å². The van der Waals surface area contributed by atoms with Crippen molar-refractivity contribution in [2.45, 2.75) is 0 Å². The highest BCUT2D eigenvalue weighted by molar-refractivity contribution is 5.60. The number of pyridine rings is 1. The van der Waals surface area contributed by atoms with Crippen LogP contribution in [0.2, 0.25) is 0 Å². The van der Waals surface area contributed by atoms with E-state index in [1.54, 1.807) is 19.0 Å². The number of anilines is 2. The predicted octanol–water partition coefficient (Wildman–Crippen LogP) is 0.341. The highest BCUT2D eigenvalue weighted by atomic mass is 16.6. The van der Waals surface area contributed by atoms with Gasteiger partial charge in [-0.2, -0.15) is 0 Å². The number of hydrogen-bond donors (Lipinski definition) is 2. The van der Waals surface area contributed by atoms with Gasteiger partial charge in [-0.05, 0) is 6.07 Å². The lowest BCUT2D eigenvalue weighted by molar-refractivity contribution is -0.384. The van der Waals surface area contributed by atoms with Crippen molar-refractivity contribution in [1.82, 2.24) is 4.98 Å². The van der Waals surface area contributed by atoms with Gasteiger partial charge < -0.3 is 10.3 Å². The number of nitrogens with two attached hydrogens (primary N) is 1. The van der Waals surface area contributed by atoms with Crippen LogP contribution in [0.1, 0.15) is 0 Å². The first-order chi connectivity index (χ1) is 6.56. The molecule has 0 bridgehead atoms. The van der Waals surface area contributed by atoms with E-state index in [-0.39, 0.29) is 11.5 Å². The molecule has 7 heteroatoms. The van der Waals surface area contributed by atoms with Crippen LogP contribution in [0.25, 0.3) is 0 Å². The highest BCUT2D eigenvalue weighted by Crippen LogP contribution is 2.25. The fraction of sp³-hybridized carbons (Fsp3) is 0.286. The fourth-order valence-electron chi connectivity index (χ4n) is 0.993. The van der Waals surface area contributed by atoms with Crippen LogP contribution >= 0.6 is 0 Å². The van der Waals surface area contributed by atoms with Crippen LogP contribution < -0.4 is 16.2 Å². The summed E-state index contributed by atoms with van der Waals surface area (Å²) in [6, 6.07) is 2.81. The van der Waals surface area contributed by atoms with E-state index < -0.39 is 4.92 Å². The lowest BCUT2D eigenvalue weighted by atomic mass is 10.3. The van der Waals surface area contributed by atoms with Gasteiger partial charge in [0.05, 0.1) is 4.92 Å². The molecule has 3 N–H and O–H groups in total. The summed E-state index contributed by atoms with van der Waals surface area (Å²) in [7, 11) is 3.35. The summed E-state index contributed by atoms with van der Waals surface area (Å²) in [5.41, 5.74) is 2.28. The number of rotatable bonds is 3. The number of nitro groups is 1. The van der Waals surface area contributed by atoms with E-state index in [9.17, 15) is 10.1 Å². The van der Waals surface area contributed by atoms with E-state index >= 15 is 0 Å². The van der Waals surface area contributed by atoms with Gasteiger partial charge in [-0.1, -0.05) is 0 Å². The Morgan fingerprint density at radius 3 is 2.64 bits per heavy atom. The lowest BCUT2D eigenvalue weighted by Crippen LogP contribution is -2.15. The molecule has 7 nitrogen and oxygen atoms in total. The average Bonchev–Trinajstić information content (AvgIpc) is 2.16. The van der Waals surface area contributed by atoms with Gasteiger partial charge in [0, 0.05) is 20.2 Å². The fourth-order valence-corrected chi connectivity index (χ4v) is 0.993. The Labute approximate surface area is 80.7 Å². The average molecular weight is 197 g/mol. The minimum Gasteiger partial charge on any atom is -0.357 e. The van der Waals surface area contributed by atoms with Crippen LogP contribution in [0.5, 0.6) is 0 Å². The molecule has 1 aromatic heterocycles. The van der Waals surface area contributed by atoms with Gasteiger partial charge in [0.2, 0.25) is 5.82 Å². The van der Waals surface area contributed by atoms with Crippen molar-refractivity contribution in [3.05, 3.63) is 22.2 Å². The summed E-state index contributed by atoms with van der Waals surface area (Å²) in [6.45, 7) is 0. The number of nitrogen functional groups attached to an aromatic ring is 1. The topological polar surface area (TPSA) is 97.3 Å². The zero-order chi connectivity index (χ0) is 10.7. The molecule has 0 unspecified atom stereocenters. The summed E-state index contributed by atoms with van der Waals surface area (Å²) in [5, 5.41) is 10.6.